The van der Waals surface area contributed by atoms with Gasteiger partial charge in [-0.15, -0.1) is 0 Å². The van der Waals surface area contributed by atoms with E-state index in [1.807, 2.05) is 20.8 Å². The highest BCUT2D eigenvalue weighted by molar-refractivity contribution is 6.37. The predicted molar refractivity (Wildman–Crippen MR) is 73.2 cm³/mol. The summed E-state index contributed by atoms with van der Waals surface area (Å²) in [6.07, 6.45) is 0. The number of hydroxylamine groups is 1. The zero-order chi connectivity index (χ0) is 13.7. The van der Waals surface area contributed by atoms with Crippen molar-refractivity contribution in [2.45, 2.75) is 39.2 Å². The summed E-state index contributed by atoms with van der Waals surface area (Å²) < 4.78 is 0. The van der Waals surface area contributed by atoms with Gasteiger partial charge in [-0.05, 0) is 39.8 Å². The van der Waals surface area contributed by atoms with Crippen LogP contribution >= 0.6 is 23.2 Å². The number of carbonyl (C=O) groups excluding carboxylic acids is 1. The molecule has 1 atom stereocenters. The van der Waals surface area contributed by atoms with Crippen LogP contribution in [-0.4, -0.2) is 11.5 Å². The molecule has 0 bridgehead atoms. The molecule has 1 aliphatic heterocycles. The third kappa shape index (κ3) is 2.22. The lowest BCUT2D eigenvalue weighted by molar-refractivity contribution is -0.131. The van der Waals surface area contributed by atoms with E-state index in [1.165, 1.54) is 5.06 Å². The molecule has 1 aromatic carbocycles. The molecule has 0 spiro atoms. The number of carbonyl (C=O) groups is 1. The van der Waals surface area contributed by atoms with Crippen molar-refractivity contribution in [3.8, 4) is 0 Å². The van der Waals surface area contributed by atoms with Crippen LogP contribution < -0.4 is 5.06 Å². The highest BCUT2D eigenvalue weighted by Crippen LogP contribution is 2.46. The first-order valence-corrected chi connectivity index (χ1v) is 6.49. The van der Waals surface area contributed by atoms with Crippen molar-refractivity contribution < 1.29 is 9.63 Å². The van der Waals surface area contributed by atoms with Gasteiger partial charge in [0.2, 0.25) is 0 Å². The first kappa shape index (κ1) is 13.7. The molecule has 0 radical (unpaired) electrons. The van der Waals surface area contributed by atoms with E-state index in [1.54, 1.807) is 19.1 Å². The minimum absolute atomic E-state index is 0.144. The van der Waals surface area contributed by atoms with Crippen molar-refractivity contribution in [1.29, 1.82) is 0 Å². The van der Waals surface area contributed by atoms with Gasteiger partial charge in [-0.3, -0.25) is 9.63 Å². The first-order valence-electron chi connectivity index (χ1n) is 5.73. The van der Waals surface area contributed by atoms with E-state index in [0.717, 1.165) is 5.56 Å². The van der Waals surface area contributed by atoms with Crippen molar-refractivity contribution in [2.75, 3.05) is 5.06 Å². The van der Waals surface area contributed by atoms with Crippen LogP contribution in [0.25, 0.3) is 0 Å². The Morgan fingerprint density at radius 2 is 1.78 bits per heavy atom. The molecule has 2 rings (SSSR count). The van der Waals surface area contributed by atoms with Crippen LogP contribution in [-0.2, 0) is 9.63 Å². The van der Waals surface area contributed by atoms with Crippen molar-refractivity contribution >= 4 is 34.8 Å². The van der Waals surface area contributed by atoms with E-state index in [9.17, 15) is 4.79 Å². The fourth-order valence-corrected chi connectivity index (χ4v) is 2.51. The molecular formula is C13H15Cl2NO2. The maximum absolute atomic E-state index is 12.2. The predicted octanol–water partition coefficient (Wildman–Crippen LogP) is 4.17. The Labute approximate surface area is 117 Å². The van der Waals surface area contributed by atoms with Gasteiger partial charge in [-0.2, -0.15) is 5.06 Å². The summed E-state index contributed by atoms with van der Waals surface area (Å²) in [5.74, 6) is -0.483. The Balaban J connectivity index is 2.55. The second kappa shape index (κ2) is 4.41. The highest BCUT2D eigenvalue weighted by Gasteiger charge is 2.40. The van der Waals surface area contributed by atoms with Crippen LogP contribution in [0.15, 0.2) is 12.1 Å². The van der Waals surface area contributed by atoms with Gasteiger partial charge in [0.15, 0.2) is 0 Å². The Morgan fingerprint density at radius 1 is 1.22 bits per heavy atom. The van der Waals surface area contributed by atoms with Gasteiger partial charge in [0, 0.05) is 10.6 Å². The van der Waals surface area contributed by atoms with Crippen molar-refractivity contribution in [3.05, 3.63) is 27.7 Å². The number of hydrogen-bond acceptors (Lipinski definition) is 2. The number of hydrogen-bond donors (Lipinski definition) is 0. The Bertz CT molecular complexity index is 508. The molecule has 5 heteroatoms. The average molecular weight is 288 g/mol. The zero-order valence-electron chi connectivity index (χ0n) is 10.8. The van der Waals surface area contributed by atoms with Gasteiger partial charge in [0.25, 0.3) is 5.91 Å². The number of benzene rings is 1. The van der Waals surface area contributed by atoms with E-state index in [4.69, 9.17) is 28.0 Å². The molecule has 0 aliphatic carbocycles. The van der Waals surface area contributed by atoms with Crippen molar-refractivity contribution in [1.82, 2.24) is 0 Å². The molecule has 1 heterocycles. The number of fused-ring (bicyclic) bond motifs is 1. The summed E-state index contributed by atoms with van der Waals surface area (Å²) in [7, 11) is 0. The molecule has 1 aromatic rings. The Morgan fingerprint density at radius 3 is 2.33 bits per heavy atom. The quantitative estimate of drug-likeness (QED) is 0.776. The average Bonchev–Trinajstić information content (AvgIpc) is 2.48. The fourth-order valence-electron chi connectivity index (χ4n) is 1.95. The normalized spacial score (nSPS) is 19.3. The molecule has 3 nitrogen and oxygen atoms in total. The summed E-state index contributed by atoms with van der Waals surface area (Å²) in [6.45, 7) is 7.43. The molecule has 18 heavy (non-hydrogen) atoms. The smallest absolute Gasteiger partial charge is 0.258 e. The fraction of sp³-hybridized carbons (Fsp3) is 0.462. The van der Waals surface area contributed by atoms with Gasteiger partial charge in [0.05, 0.1) is 22.2 Å². The van der Waals surface area contributed by atoms with Crippen LogP contribution in [0, 0.1) is 0 Å². The lowest BCUT2D eigenvalue weighted by atomic mass is 10.0. The molecule has 1 amide bonds. The maximum atomic E-state index is 12.2. The Kier molecular flexibility index (Phi) is 3.34. The van der Waals surface area contributed by atoms with Crippen molar-refractivity contribution in [2.24, 2.45) is 0 Å². The van der Waals surface area contributed by atoms with Gasteiger partial charge < -0.3 is 0 Å². The van der Waals surface area contributed by atoms with Crippen LogP contribution in [0.2, 0.25) is 10.0 Å². The number of anilines is 1. The van der Waals surface area contributed by atoms with Crippen molar-refractivity contribution in [3.63, 3.8) is 0 Å². The molecule has 0 saturated heterocycles. The standard InChI is InChI=1S/C13H15Cl2NO2/c1-7-10-8(14)5-6-9(15)11(10)16(12(7)17)18-13(2,3)4/h5-7H,1-4H3. The minimum Gasteiger partial charge on any atom is -0.271 e. The molecule has 0 aromatic heterocycles. The van der Waals surface area contributed by atoms with E-state index in [0.29, 0.717) is 15.7 Å². The zero-order valence-corrected chi connectivity index (χ0v) is 12.3. The SMILES string of the molecule is CC1C(=O)N(OC(C)(C)C)c2c(Cl)ccc(Cl)c21. The van der Waals surface area contributed by atoms with Crippen LogP contribution in [0.5, 0.6) is 0 Å². The van der Waals surface area contributed by atoms with Crippen LogP contribution in [0.3, 0.4) is 0 Å². The molecular weight excluding hydrogens is 273 g/mol. The largest absolute Gasteiger partial charge is 0.271 e. The number of amides is 1. The monoisotopic (exact) mass is 287 g/mol. The second-order valence-electron chi connectivity index (χ2n) is 5.35. The minimum atomic E-state index is -0.483. The van der Waals surface area contributed by atoms with Gasteiger partial charge in [-0.25, -0.2) is 0 Å². The van der Waals surface area contributed by atoms with E-state index in [-0.39, 0.29) is 11.8 Å². The summed E-state index contributed by atoms with van der Waals surface area (Å²) in [6, 6.07) is 3.38. The maximum Gasteiger partial charge on any atom is 0.258 e. The van der Waals surface area contributed by atoms with E-state index in [2.05, 4.69) is 0 Å². The van der Waals surface area contributed by atoms with Gasteiger partial charge >= 0.3 is 0 Å². The number of halogens is 2. The lowest BCUT2D eigenvalue weighted by Gasteiger charge is -2.27. The molecule has 0 N–H and O–H groups in total. The van der Waals surface area contributed by atoms with Crippen LogP contribution in [0.1, 0.15) is 39.2 Å². The second-order valence-corrected chi connectivity index (χ2v) is 6.16. The highest BCUT2D eigenvalue weighted by atomic mass is 35.5. The van der Waals surface area contributed by atoms with Crippen LogP contribution in [0.4, 0.5) is 5.69 Å². The first-order chi connectivity index (χ1) is 8.22. The molecule has 98 valence electrons. The topological polar surface area (TPSA) is 29.5 Å². The molecule has 1 unspecified atom stereocenters. The number of nitrogens with zero attached hydrogens (tertiary/aromatic N) is 1. The van der Waals surface area contributed by atoms with E-state index < -0.39 is 5.60 Å². The summed E-state index contributed by atoms with van der Waals surface area (Å²) >= 11 is 12.3. The van der Waals surface area contributed by atoms with E-state index >= 15 is 0 Å². The molecule has 0 saturated carbocycles. The lowest BCUT2D eigenvalue weighted by Crippen LogP contribution is -2.36. The van der Waals surface area contributed by atoms with Gasteiger partial charge in [-0.1, -0.05) is 23.2 Å². The molecule has 0 fully saturated rings. The summed E-state index contributed by atoms with van der Waals surface area (Å²) in [4.78, 5) is 17.9. The number of rotatable bonds is 1. The van der Waals surface area contributed by atoms with Gasteiger partial charge in [0.1, 0.15) is 0 Å². The molecule has 1 aliphatic rings. The third-order valence-corrected chi connectivity index (χ3v) is 3.32. The summed E-state index contributed by atoms with van der Waals surface area (Å²) in [5, 5.41) is 2.28. The summed E-state index contributed by atoms with van der Waals surface area (Å²) in [5.41, 5.74) is 0.817. The Hall–Kier alpha value is -0.770. The third-order valence-electron chi connectivity index (χ3n) is 2.69.